The van der Waals surface area contributed by atoms with Gasteiger partial charge in [-0.15, -0.1) is 0 Å². The van der Waals surface area contributed by atoms with Crippen molar-refractivity contribution in [1.29, 1.82) is 0 Å². The van der Waals surface area contributed by atoms with Crippen LogP contribution >= 0.6 is 15.9 Å². The summed E-state index contributed by atoms with van der Waals surface area (Å²) in [4.78, 5) is 18.2. The van der Waals surface area contributed by atoms with Crippen LogP contribution in [0.1, 0.15) is 19.3 Å². The zero-order valence-electron chi connectivity index (χ0n) is 12.8. The Balaban J connectivity index is 1.71. The van der Waals surface area contributed by atoms with Gasteiger partial charge in [0.1, 0.15) is 5.65 Å². The molecule has 7 heteroatoms. The van der Waals surface area contributed by atoms with E-state index >= 15 is 0 Å². The Morgan fingerprint density at radius 1 is 1.35 bits per heavy atom. The van der Waals surface area contributed by atoms with E-state index in [1.54, 1.807) is 12.4 Å². The van der Waals surface area contributed by atoms with Crippen molar-refractivity contribution in [2.24, 2.45) is 23.3 Å². The van der Waals surface area contributed by atoms with Crippen molar-refractivity contribution in [2.45, 2.75) is 25.3 Å². The van der Waals surface area contributed by atoms with Gasteiger partial charge in [0.25, 0.3) is 0 Å². The third kappa shape index (κ3) is 2.52. The molecule has 2 fully saturated rings. The number of anilines is 1. The quantitative estimate of drug-likeness (QED) is 0.839. The Bertz CT molecular complexity index is 769. The van der Waals surface area contributed by atoms with E-state index in [0.29, 0.717) is 11.6 Å². The van der Waals surface area contributed by atoms with E-state index in [2.05, 4.69) is 25.8 Å². The van der Waals surface area contributed by atoms with Gasteiger partial charge in [-0.05, 0) is 53.1 Å². The maximum absolute atomic E-state index is 11.5. The van der Waals surface area contributed by atoms with Gasteiger partial charge in [-0.25, -0.2) is 9.78 Å². The van der Waals surface area contributed by atoms with Gasteiger partial charge in [-0.1, -0.05) is 0 Å². The van der Waals surface area contributed by atoms with Gasteiger partial charge in [0.15, 0.2) is 0 Å². The standard InChI is InChI=1S/C16H20BrN5O/c17-12-7-20-15-11(4-6-22(15)16(19)23)14(12)21-5-3-10(9-1-2-9)13(18)8-21/h4,6-7,9-10,13H,1-3,5,8,18H2,(H2,19,23)/t10-,13+/m1/s1. The number of nitrogens with two attached hydrogens (primary N) is 2. The lowest BCUT2D eigenvalue weighted by Gasteiger charge is -2.39. The lowest BCUT2D eigenvalue weighted by atomic mass is 9.87. The summed E-state index contributed by atoms with van der Waals surface area (Å²) in [5, 5.41) is 0.926. The summed E-state index contributed by atoms with van der Waals surface area (Å²) in [6, 6.07) is 1.57. The first-order valence-electron chi connectivity index (χ1n) is 8.02. The number of hydrogen-bond acceptors (Lipinski definition) is 4. The van der Waals surface area contributed by atoms with Crippen LogP contribution in [0.5, 0.6) is 0 Å². The summed E-state index contributed by atoms with van der Waals surface area (Å²) in [5.74, 6) is 1.49. The van der Waals surface area contributed by atoms with Gasteiger partial charge in [0.2, 0.25) is 0 Å². The van der Waals surface area contributed by atoms with Gasteiger partial charge >= 0.3 is 6.03 Å². The molecule has 2 aliphatic rings. The van der Waals surface area contributed by atoms with Gasteiger partial charge in [-0.3, -0.25) is 4.57 Å². The van der Waals surface area contributed by atoms with Crippen molar-refractivity contribution >= 4 is 38.7 Å². The normalized spacial score (nSPS) is 25.0. The number of rotatable bonds is 2. The third-order valence-electron chi connectivity index (χ3n) is 5.14. The maximum Gasteiger partial charge on any atom is 0.324 e. The van der Waals surface area contributed by atoms with Gasteiger partial charge in [0, 0.05) is 36.9 Å². The van der Waals surface area contributed by atoms with Crippen LogP contribution < -0.4 is 16.4 Å². The largest absolute Gasteiger partial charge is 0.368 e. The SMILES string of the molecule is NC(=O)n1ccc2c(N3CC[C@H](C4CC4)[C@@H](N)C3)c(Br)cnc21. The fourth-order valence-corrected chi connectivity index (χ4v) is 4.43. The van der Waals surface area contributed by atoms with Crippen molar-refractivity contribution in [2.75, 3.05) is 18.0 Å². The molecule has 1 aliphatic heterocycles. The molecular formula is C16H20BrN5O. The van der Waals surface area contributed by atoms with E-state index < -0.39 is 6.03 Å². The molecule has 0 aromatic carbocycles. The average Bonchev–Trinajstić information content (AvgIpc) is 3.25. The highest BCUT2D eigenvalue weighted by Gasteiger charge is 2.38. The monoisotopic (exact) mass is 377 g/mol. The smallest absolute Gasteiger partial charge is 0.324 e. The fourth-order valence-electron chi connectivity index (χ4n) is 3.86. The molecule has 0 bridgehead atoms. The van der Waals surface area contributed by atoms with Crippen molar-refractivity contribution in [3.05, 3.63) is 22.9 Å². The summed E-state index contributed by atoms with van der Waals surface area (Å²) in [6.07, 6.45) is 7.20. The average molecular weight is 378 g/mol. The molecule has 122 valence electrons. The zero-order chi connectivity index (χ0) is 16.1. The molecule has 2 aromatic heterocycles. The zero-order valence-corrected chi connectivity index (χ0v) is 14.4. The van der Waals surface area contributed by atoms with Crippen LogP contribution in [0.25, 0.3) is 11.0 Å². The highest BCUT2D eigenvalue weighted by molar-refractivity contribution is 9.10. The number of fused-ring (bicyclic) bond motifs is 1. The molecule has 4 N–H and O–H groups in total. The minimum absolute atomic E-state index is 0.199. The van der Waals surface area contributed by atoms with Crippen LogP contribution in [-0.2, 0) is 0 Å². The lowest BCUT2D eigenvalue weighted by molar-refractivity contribution is 0.251. The van der Waals surface area contributed by atoms with Crippen LogP contribution in [0.3, 0.4) is 0 Å². The maximum atomic E-state index is 11.5. The first kappa shape index (κ1) is 15.0. The van der Waals surface area contributed by atoms with Crippen LogP contribution in [0, 0.1) is 11.8 Å². The minimum Gasteiger partial charge on any atom is -0.368 e. The van der Waals surface area contributed by atoms with Gasteiger partial charge in [0.05, 0.1) is 10.2 Å². The van der Waals surface area contributed by atoms with E-state index in [-0.39, 0.29) is 6.04 Å². The molecule has 1 saturated carbocycles. The molecular weight excluding hydrogens is 358 g/mol. The van der Waals surface area contributed by atoms with E-state index in [0.717, 1.165) is 41.0 Å². The summed E-state index contributed by atoms with van der Waals surface area (Å²) >= 11 is 3.61. The van der Waals surface area contributed by atoms with E-state index in [4.69, 9.17) is 11.5 Å². The molecule has 1 saturated heterocycles. The number of carbonyl (C=O) groups excluding carboxylic acids is 1. The number of hydrogen-bond donors (Lipinski definition) is 2. The van der Waals surface area contributed by atoms with Crippen molar-refractivity contribution in [3.8, 4) is 0 Å². The number of aromatic nitrogens is 2. The molecule has 6 nitrogen and oxygen atoms in total. The number of halogens is 1. The Morgan fingerprint density at radius 3 is 2.78 bits per heavy atom. The number of nitrogens with zero attached hydrogens (tertiary/aromatic N) is 3. The summed E-state index contributed by atoms with van der Waals surface area (Å²) in [6.45, 7) is 1.81. The van der Waals surface area contributed by atoms with Crippen LogP contribution in [0.2, 0.25) is 0 Å². The highest BCUT2D eigenvalue weighted by Crippen LogP contribution is 2.43. The molecule has 2 aromatic rings. The Labute approximate surface area is 142 Å². The van der Waals surface area contributed by atoms with Gasteiger partial charge < -0.3 is 16.4 Å². The minimum atomic E-state index is -0.523. The predicted octanol–water partition coefficient (Wildman–Crippen LogP) is 2.29. The van der Waals surface area contributed by atoms with Crippen molar-refractivity contribution in [1.82, 2.24) is 9.55 Å². The second kappa shape index (κ2) is 5.49. The fraction of sp³-hybridized carbons (Fsp3) is 0.500. The molecule has 0 radical (unpaired) electrons. The number of primary amides is 1. The van der Waals surface area contributed by atoms with Crippen molar-refractivity contribution in [3.63, 3.8) is 0 Å². The van der Waals surface area contributed by atoms with Crippen molar-refractivity contribution < 1.29 is 4.79 Å². The molecule has 4 rings (SSSR count). The predicted molar refractivity (Wildman–Crippen MR) is 93.4 cm³/mol. The van der Waals surface area contributed by atoms with E-state index in [1.165, 1.54) is 17.4 Å². The molecule has 0 spiro atoms. The highest BCUT2D eigenvalue weighted by atomic mass is 79.9. The number of piperidine rings is 1. The molecule has 3 heterocycles. The number of pyridine rings is 1. The summed E-state index contributed by atoms with van der Waals surface area (Å²) in [7, 11) is 0. The first-order valence-corrected chi connectivity index (χ1v) is 8.81. The van der Waals surface area contributed by atoms with Crippen LogP contribution in [0.15, 0.2) is 22.9 Å². The van der Waals surface area contributed by atoms with E-state index in [9.17, 15) is 4.79 Å². The lowest BCUT2D eigenvalue weighted by Crippen LogP contribution is -2.49. The molecule has 0 unspecified atom stereocenters. The number of carbonyl (C=O) groups is 1. The Kier molecular flexibility index (Phi) is 3.57. The molecule has 2 atom stereocenters. The molecule has 1 amide bonds. The summed E-state index contributed by atoms with van der Waals surface area (Å²) in [5.41, 5.74) is 13.5. The topological polar surface area (TPSA) is 90.2 Å². The second-order valence-electron chi connectivity index (χ2n) is 6.62. The number of amides is 1. The Hall–Kier alpha value is -1.60. The van der Waals surface area contributed by atoms with Crippen LogP contribution in [-0.4, -0.2) is 34.7 Å². The molecule has 1 aliphatic carbocycles. The van der Waals surface area contributed by atoms with Gasteiger partial charge in [-0.2, -0.15) is 0 Å². The molecule has 23 heavy (non-hydrogen) atoms. The second-order valence-corrected chi connectivity index (χ2v) is 7.47. The summed E-state index contributed by atoms with van der Waals surface area (Å²) < 4.78 is 2.30. The first-order chi connectivity index (χ1) is 11.1. The van der Waals surface area contributed by atoms with E-state index in [1.807, 2.05) is 6.07 Å². The Morgan fingerprint density at radius 2 is 2.13 bits per heavy atom. The van der Waals surface area contributed by atoms with Crippen LogP contribution in [0.4, 0.5) is 10.5 Å². The third-order valence-corrected chi connectivity index (χ3v) is 5.72.